The minimum absolute atomic E-state index is 0.0716. The Morgan fingerprint density at radius 3 is 2.65 bits per heavy atom. The van der Waals surface area contributed by atoms with Crippen LogP contribution in [0.25, 0.3) is 11.4 Å². The van der Waals surface area contributed by atoms with Crippen LogP contribution in [-0.2, 0) is 5.75 Å². The lowest BCUT2D eigenvalue weighted by atomic mass is 10.2. The molecule has 0 unspecified atom stereocenters. The lowest BCUT2D eigenvalue weighted by Crippen LogP contribution is -2.11. The van der Waals surface area contributed by atoms with E-state index >= 15 is 0 Å². The molecule has 0 bridgehead atoms. The number of nitro benzene ring substituents is 1. The van der Waals surface area contributed by atoms with Gasteiger partial charge in [-0.2, -0.15) is 0 Å². The van der Waals surface area contributed by atoms with Gasteiger partial charge < -0.3 is 5.84 Å². The fourth-order valence-corrected chi connectivity index (χ4v) is 2.87. The van der Waals surface area contributed by atoms with Crippen molar-refractivity contribution in [3.63, 3.8) is 0 Å². The van der Waals surface area contributed by atoms with Crippen LogP contribution in [0.3, 0.4) is 0 Å². The van der Waals surface area contributed by atoms with Crippen LogP contribution in [0.5, 0.6) is 0 Å². The normalized spacial score (nSPS) is 10.6. The summed E-state index contributed by atoms with van der Waals surface area (Å²) in [6.45, 7) is 0. The van der Waals surface area contributed by atoms with Crippen molar-refractivity contribution in [3.8, 4) is 11.4 Å². The monoisotopic (exact) mass is 327 g/mol. The van der Waals surface area contributed by atoms with E-state index in [0.717, 1.165) is 11.1 Å². The van der Waals surface area contributed by atoms with Crippen LogP contribution in [0.4, 0.5) is 5.69 Å². The van der Waals surface area contributed by atoms with Gasteiger partial charge in [-0.25, -0.2) is 4.68 Å². The van der Waals surface area contributed by atoms with E-state index in [2.05, 4.69) is 10.2 Å². The largest absolute Gasteiger partial charge is 0.335 e. The van der Waals surface area contributed by atoms with Crippen molar-refractivity contribution in [1.82, 2.24) is 14.9 Å². The van der Waals surface area contributed by atoms with E-state index in [1.807, 2.05) is 36.4 Å². The summed E-state index contributed by atoms with van der Waals surface area (Å²) in [6.07, 6.45) is 0. The predicted octanol–water partition coefficient (Wildman–Crippen LogP) is 2.86. The van der Waals surface area contributed by atoms with Crippen LogP contribution in [-0.4, -0.2) is 19.8 Å². The second-order valence-electron chi connectivity index (χ2n) is 4.76. The van der Waals surface area contributed by atoms with Crippen LogP contribution in [0.15, 0.2) is 59.8 Å². The molecule has 3 aromatic rings. The highest BCUT2D eigenvalue weighted by atomic mass is 32.2. The van der Waals surface area contributed by atoms with Gasteiger partial charge in [0.05, 0.1) is 4.92 Å². The number of thioether (sulfide) groups is 1. The molecule has 0 aliphatic heterocycles. The molecule has 2 aromatic carbocycles. The second-order valence-corrected chi connectivity index (χ2v) is 5.70. The fourth-order valence-electron chi connectivity index (χ4n) is 2.07. The van der Waals surface area contributed by atoms with E-state index in [1.165, 1.54) is 22.5 Å². The number of aromatic nitrogens is 3. The van der Waals surface area contributed by atoms with Crippen LogP contribution in [0, 0.1) is 10.1 Å². The van der Waals surface area contributed by atoms with Crippen molar-refractivity contribution in [2.24, 2.45) is 0 Å². The molecule has 23 heavy (non-hydrogen) atoms. The Morgan fingerprint density at radius 1 is 1.13 bits per heavy atom. The molecule has 0 aliphatic carbocycles. The highest BCUT2D eigenvalue weighted by molar-refractivity contribution is 7.98. The van der Waals surface area contributed by atoms with Crippen LogP contribution in [0.2, 0.25) is 0 Å². The molecule has 0 fully saturated rings. The van der Waals surface area contributed by atoms with Crippen LogP contribution < -0.4 is 5.84 Å². The Bertz CT molecular complexity index is 835. The molecule has 1 aromatic heterocycles. The lowest BCUT2D eigenvalue weighted by molar-refractivity contribution is -0.384. The smallest absolute Gasteiger partial charge is 0.269 e. The molecule has 0 saturated carbocycles. The number of nitrogens with zero attached hydrogens (tertiary/aromatic N) is 4. The quantitative estimate of drug-likeness (QED) is 0.335. The summed E-state index contributed by atoms with van der Waals surface area (Å²) in [7, 11) is 0. The average Bonchev–Trinajstić information content (AvgIpc) is 2.95. The molecular weight excluding hydrogens is 314 g/mol. The first-order valence-electron chi connectivity index (χ1n) is 6.77. The van der Waals surface area contributed by atoms with Crippen molar-refractivity contribution in [1.29, 1.82) is 0 Å². The summed E-state index contributed by atoms with van der Waals surface area (Å²) in [4.78, 5) is 10.4. The zero-order valence-electron chi connectivity index (χ0n) is 12.0. The zero-order valence-corrected chi connectivity index (χ0v) is 12.8. The minimum atomic E-state index is -0.410. The van der Waals surface area contributed by atoms with Crippen LogP contribution in [0.1, 0.15) is 5.56 Å². The molecule has 0 radical (unpaired) electrons. The highest BCUT2D eigenvalue weighted by Gasteiger charge is 2.12. The first kappa shape index (κ1) is 15.0. The zero-order chi connectivity index (χ0) is 16.2. The van der Waals surface area contributed by atoms with E-state index in [0.29, 0.717) is 16.7 Å². The fraction of sp³-hybridized carbons (Fsp3) is 0.0667. The highest BCUT2D eigenvalue weighted by Crippen LogP contribution is 2.25. The Balaban J connectivity index is 1.76. The van der Waals surface area contributed by atoms with E-state index in [1.54, 1.807) is 12.1 Å². The van der Waals surface area contributed by atoms with E-state index in [4.69, 9.17) is 5.84 Å². The SMILES string of the molecule is Nn1c(SCc2cccc([N+](=O)[O-])c2)nnc1-c1ccccc1. The number of nitro groups is 1. The summed E-state index contributed by atoms with van der Waals surface area (Å²) in [5.41, 5.74) is 1.78. The number of benzene rings is 2. The average molecular weight is 327 g/mol. The van der Waals surface area contributed by atoms with Gasteiger partial charge in [-0.3, -0.25) is 10.1 Å². The van der Waals surface area contributed by atoms with Gasteiger partial charge in [0.15, 0.2) is 5.82 Å². The lowest BCUT2D eigenvalue weighted by Gasteiger charge is -2.04. The first-order chi connectivity index (χ1) is 11.1. The van der Waals surface area contributed by atoms with Gasteiger partial charge in [0, 0.05) is 23.4 Å². The molecule has 0 amide bonds. The molecular formula is C15H13N5O2S. The summed E-state index contributed by atoms with van der Waals surface area (Å²) in [5, 5.41) is 19.5. The van der Waals surface area contributed by atoms with Gasteiger partial charge in [-0.15, -0.1) is 10.2 Å². The van der Waals surface area contributed by atoms with Crippen molar-refractivity contribution in [3.05, 3.63) is 70.3 Å². The second kappa shape index (κ2) is 6.49. The number of nitrogen functional groups attached to an aromatic ring is 1. The molecule has 3 rings (SSSR count). The van der Waals surface area contributed by atoms with Crippen molar-refractivity contribution in [2.75, 3.05) is 5.84 Å². The standard InChI is InChI=1S/C15H13N5O2S/c16-19-14(12-6-2-1-3-7-12)17-18-15(19)23-10-11-5-4-8-13(9-11)20(21)22/h1-9H,10,16H2. The van der Waals surface area contributed by atoms with E-state index < -0.39 is 4.92 Å². The number of rotatable bonds is 5. The Labute approximate surface area is 136 Å². The topological polar surface area (TPSA) is 99.9 Å². The number of non-ortho nitro benzene ring substituents is 1. The summed E-state index contributed by atoms with van der Waals surface area (Å²) in [6, 6.07) is 16.0. The third kappa shape index (κ3) is 3.32. The summed E-state index contributed by atoms with van der Waals surface area (Å²) >= 11 is 1.38. The molecule has 2 N–H and O–H groups in total. The van der Waals surface area contributed by atoms with Crippen molar-refractivity contribution in [2.45, 2.75) is 10.9 Å². The third-order valence-electron chi connectivity index (χ3n) is 3.19. The maximum Gasteiger partial charge on any atom is 0.269 e. The molecule has 0 aliphatic rings. The van der Waals surface area contributed by atoms with Crippen LogP contribution >= 0.6 is 11.8 Å². The summed E-state index contributed by atoms with van der Waals surface area (Å²) in [5.74, 6) is 7.14. The molecule has 7 nitrogen and oxygen atoms in total. The van der Waals surface area contributed by atoms with Gasteiger partial charge in [0.1, 0.15) is 0 Å². The van der Waals surface area contributed by atoms with Crippen molar-refractivity contribution < 1.29 is 4.92 Å². The molecule has 0 spiro atoms. The van der Waals surface area contributed by atoms with E-state index in [9.17, 15) is 10.1 Å². The maximum absolute atomic E-state index is 10.8. The van der Waals surface area contributed by atoms with Crippen molar-refractivity contribution >= 4 is 17.4 Å². The number of nitrogens with two attached hydrogens (primary N) is 1. The predicted molar refractivity (Wildman–Crippen MR) is 88.3 cm³/mol. The van der Waals surface area contributed by atoms with Gasteiger partial charge in [0.2, 0.25) is 5.16 Å². The maximum atomic E-state index is 10.8. The number of hydrogen-bond acceptors (Lipinski definition) is 6. The van der Waals surface area contributed by atoms with Gasteiger partial charge in [-0.05, 0) is 5.56 Å². The molecule has 1 heterocycles. The molecule has 0 saturated heterocycles. The van der Waals surface area contributed by atoms with Gasteiger partial charge in [0.25, 0.3) is 5.69 Å². The minimum Gasteiger partial charge on any atom is -0.335 e. The molecule has 8 heteroatoms. The van der Waals surface area contributed by atoms with Gasteiger partial charge in [-0.1, -0.05) is 54.2 Å². The van der Waals surface area contributed by atoms with Gasteiger partial charge >= 0.3 is 0 Å². The first-order valence-corrected chi connectivity index (χ1v) is 7.76. The molecule has 0 atom stereocenters. The Kier molecular flexibility index (Phi) is 4.24. The number of hydrogen-bond donors (Lipinski definition) is 1. The summed E-state index contributed by atoms with van der Waals surface area (Å²) < 4.78 is 1.43. The van der Waals surface area contributed by atoms with E-state index in [-0.39, 0.29) is 5.69 Å². The Hall–Kier alpha value is -2.87. The third-order valence-corrected chi connectivity index (χ3v) is 4.20. The Morgan fingerprint density at radius 2 is 1.91 bits per heavy atom. The molecule has 116 valence electrons.